The predicted molar refractivity (Wildman–Crippen MR) is 121 cm³/mol. The number of alkyl halides is 3. The molecule has 0 aliphatic carbocycles. The summed E-state index contributed by atoms with van der Waals surface area (Å²) in [6.07, 6.45) is -2.83. The van der Waals surface area contributed by atoms with Crippen molar-refractivity contribution in [2.24, 2.45) is 0 Å². The fourth-order valence-electron chi connectivity index (χ4n) is 3.24. The Morgan fingerprint density at radius 2 is 1.82 bits per heavy atom. The zero-order chi connectivity index (χ0) is 24.3. The lowest BCUT2D eigenvalue weighted by molar-refractivity contribution is -0.137. The first-order chi connectivity index (χ1) is 16.2. The molecule has 0 saturated carbocycles. The smallest absolute Gasteiger partial charge is 0.416 e. The molecular formula is C24H19F3N4O3. The topological polar surface area (TPSA) is 84.7 Å². The van der Waals surface area contributed by atoms with Gasteiger partial charge in [-0.05, 0) is 48.9 Å². The number of hydrogen-bond acceptors (Lipinski definition) is 4. The van der Waals surface area contributed by atoms with Crippen LogP contribution in [0.5, 0.6) is 5.75 Å². The Morgan fingerprint density at radius 3 is 2.62 bits per heavy atom. The van der Waals surface area contributed by atoms with Crippen LogP contribution in [0.3, 0.4) is 0 Å². The zero-order valence-corrected chi connectivity index (χ0v) is 17.9. The highest BCUT2D eigenvalue weighted by Gasteiger charge is 2.30. The Bertz CT molecular complexity index is 1420. The molecule has 34 heavy (non-hydrogen) atoms. The molecule has 10 heteroatoms. The number of para-hydroxylation sites is 2. The van der Waals surface area contributed by atoms with Crippen LogP contribution in [-0.4, -0.2) is 15.4 Å². The molecule has 2 amide bonds. The van der Waals surface area contributed by atoms with E-state index < -0.39 is 17.8 Å². The first kappa shape index (κ1) is 22.8. The Hall–Kier alpha value is -4.34. The van der Waals surface area contributed by atoms with Gasteiger partial charge in [-0.2, -0.15) is 13.2 Å². The fourth-order valence-corrected chi connectivity index (χ4v) is 3.24. The van der Waals surface area contributed by atoms with Crippen LogP contribution in [-0.2, 0) is 12.8 Å². The van der Waals surface area contributed by atoms with E-state index in [1.165, 1.54) is 22.6 Å². The van der Waals surface area contributed by atoms with Crippen molar-refractivity contribution in [3.05, 3.63) is 100 Å². The molecular weight excluding hydrogens is 449 g/mol. The molecule has 2 aromatic heterocycles. The van der Waals surface area contributed by atoms with Gasteiger partial charge in [0.1, 0.15) is 18.0 Å². The molecule has 174 valence electrons. The molecule has 2 heterocycles. The van der Waals surface area contributed by atoms with Crippen molar-refractivity contribution in [3.63, 3.8) is 0 Å². The number of pyridine rings is 1. The van der Waals surface area contributed by atoms with Gasteiger partial charge >= 0.3 is 12.2 Å². The standard InChI is InChI=1S/C24H19F3N4O3/c1-15-9-10-21-28-18(12-22(32)31(21)13-15)14-34-20-8-3-2-7-19(20)30-23(33)29-17-6-4-5-16(11-17)24(25,26)27/h2-13H,14H2,1H3,(H2,29,30,33). The van der Waals surface area contributed by atoms with Gasteiger partial charge in [0.2, 0.25) is 0 Å². The van der Waals surface area contributed by atoms with Crippen molar-refractivity contribution in [1.29, 1.82) is 0 Å². The van der Waals surface area contributed by atoms with Gasteiger partial charge in [-0.3, -0.25) is 9.20 Å². The SMILES string of the molecule is Cc1ccc2nc(COc3ccccc3NC(=O)Nc3cccc(C(F)(F)F)c3)cc(=O)n2c1. The number of carbonyl (C=O) groups is 1. The highest BCUT2D eigenvalue weighted by Crippen LogP contribution is 2.31. The number of urea groups is 1. The lowest BCUT2D eigenvalue weighted by Crippen LogP contribution is -2.20. The third-order valence-corrected chi connectivity index (χ3v) is 4.82. The van der Waals surface area contributed by atoms with Crippen LogP contribution in [0.1, 0.15) is 16.8 Å². The summed E-state index contributed by atoms with van der Waals surface area (Å²) in [7, 11) is 0. The Labute approximate surface area is 191 Å². The van der Waals surface area contributed by atoms with E-state index in [0.29, 0.717) is 22.8 Å². The number of aryl methyl sites for hydroxylation is 1. The molecule has 0 saturated heterocycles. The molecule has 4 aromatic rings. The lowest BCUT2D eigenvalue weighted by atomic mass is 10.2. The number of nitrogens with zero attached hydrogens (tertiary/aromatic N) is 2. The van der Waals surface area contributed by atoms with Crippen LogP contribution in [0.25, 0.3) is 5.65 Å². The van der Waals surface area contributed by atoms with Crippen molar-refractivity contribution in [1.82, 2.24) is 9.38 Å². The first-order valence-corrected chi connectivity index (χ1v) is 10.1. The van der Waals surface area contributed by atoms with Gasteiger partial charge in [0.05, 0.1) is 16.9 Å². The summed E-state index contributed by atoms with van der Waals surface area (Å²) in [5.41, 5.74) is 0.952. The van der Waals surface area contributed by atoms with E-state index in [1.54, 1.807) is 36.5 Å². The quantitative estimate of drug-likeness (QED) is 0.419. The van der Waals surface area contributed by atoms with Gasteiger partial charge in [0, 0.05) is 18.0 Å². The highest BCUT2D eigenvalue weighted by atomic mass is 19.4. The summed E-state index contributed by atoms with van der Waals surface area (Å²) in [5, 5.41) is 4.93. The maximum absolute atomic E-state index is 12.9. The number of aromatic nitrogens is 2. The molecule has 0 atom stereocenters. The van der Waals surface area contributed by atoms with Crippen LogP contribution in [0, 0.1) is 6.92 Å². The van der Waals surface area contributed by atoms with Gasteiger partial charge < -0.3 is 15.4 Å². The molecule has 4 rings (SSSR count). The molecule has 0 spiro atoms. The second kappa shape index (κ2) is 9.26. The second-order valence-corrected chi connectivity index (χ2v) is 7.46. The first-order valence-electron chi connectivity index (χ1n) is 10.1. The summed E-state index contributed by atoms with van der Waals surface area (Å²) in [6.45, 7) is 1.84. The number of amides is 2. The van der Waals surface area contributed by atoms with Gasteiger partial charge in [-0.1, -0.05) is 24.3 Å². The molecule has 0 radical (unpaired) electrons. The molecule has 2 aromatic carbocycles. The van der Waals surface area contributed by atoms with Gasteiger partial charge in [-0.25, -0.2) is 9.78 Å². The maximum atomic E-state index is 12.9. The Balaban J connectivity index is 1.46. The second-order valence-electron chi connectivity index (χ2n) is 7.46. The molecule has 0 unspecified atom stereocenters. The fraction of sp³-hybridized carbons (Fsp3) is 0.125. The molecule has 0 aliphatic heterocycles. The minimum absolute atomic E-state index is 0.0122. The predicted octanol–water partition coefficient (Wildman–Crippen LogP) is 5.24. The van der Waals surface area contributed by atoms with Gasteiger partial charge in [-0.15, -0.1) is 0 Å². The largest absolute Gasteiger partial charge is 0.485 e. The van der Waals surface area contributed by atoms with E-state index in [4.69, 9.17) is 4.74 Å². The number of fused-ring (bicyclic) bond motifs is 1. The van der Waals surface area contributed by atoms with E-state index in [1.807, 2.05) is 13.0 Å². The number of ether oxygens (including phenoxy) is 1. The van der Waals surface area contributed by atoms with Crippen LogP contribution >= 0.6 is 0 Å². The van der Waals surface area contributed by atoms with Crippen molar-refractivity contribution in [2.75, 3.05) is 10.6 Å². The molecule has 7 nitrogen and oxygen atoms in total. The number of carbonyl (C=O) groups excluding carboxylic acids is 1. The molecule has 0 aliphatic rings. The third kappa shape index (κ3) is 5.34. The third-order valence-electron chi connectivity index (χ3n) is 4.82. The van der Waals surface area contributed by atoms with E-state index in [0.717, 1.165) is 17.7 Å². The van der Waals surface area contributed by atoms with Crippen molar-refractivity contribution in [3.8, 4) is 5.75 Å². The molecule has 2 N–H and O–H groups in total. The van der Waals surface area contributed by atoms with Crippen molar-refractivity contribution >= 4 is 23.1 Å². The van der Waals surface area contributed by atoms with E-state index in [2.05, 4.69) is 15.6 Å². The highest BCUT2D eigenvalue weighted by molar-refractivity contribution is 6.00. The average molecular weight is 468 g/mol. The number of benzene rings is 2. The van der Waals surface area contributed by atoms with E-state index in [9.17, 15) is 22.8 Å². The van der Waals surface area contributed by atoms with Crippen molar-refractivity contribution in [2.45, 2.75) is 19.7 Å². The number of nitrogens with one attached hydrogen (secondary N) is 2. The zero-order valence-electron chi connectivity index (χ0n) is 17.9. The lowest BCUT2D eigenvalue weighted by Gasteiger charge is -2.14. The maximum Gasteiger partial charge on any atom is 0.416 e. The summed E-state index contributed by atoms with van der Waals surface area (Å²) in [5.74, 6) is 0.299. The van der Waals surface area contributed by atoms with E-state index >= 15 is 0 Å². The van der Waals surface area contributed by atoms with Crippen LogP contribution in [0.2, 0.25) is 0 Å². The summed E-state index contributed by atoms with van der Waals surface area (Å²) >= 11 is 0. The van der Waals surface area contributed by atoms with Crippen LogP contribution < -0.4 is 20.9 Å². The summed E-state index contributed by atoms with van der Waals surface area (Å²) in [6, 6.07) is 15.0. The number of anilines is 2. The van der Waals surface area contributed by atoms with Crippen molar-refractivity contribution < 1.29 is 22.7 Å². The average Bonchev–Trinajstić information content (AvgIpc) is 2.78. The molecule has 0 fully saturated rings. The van der Waals surface area contributed by atoms with Crippen LogP contribution in [0.4, 0.5) is 29.3 Å². The van der Waals surface area contributed by atoms with Crippen LogP contribution in [0.15, 0.2) is 77.7 Å². The number of halogens is 3. The Kier molecular flexibility index (Phi) is 6.22. The minimum Gasteiger partial charge on any atom is -0.485 e. The monoisotopic (exact) mass is 468 g/mol. The minimum atomic E-state index is -4.52. The van der Waals surface area contributed by atoms with E-state index in [-0.39, 0.29) is 17.9 Å². The summed E-state index contributed by atoms with van der Waals surface area (Å²) in [4.78, 5) is 29.2. The number of hydrogen-bond donors (Lipinski definition) is 2. The number of rotatable bonds is 5. The normalized spacial score (nSPS) is 11.3. The Morgan fingerprint density at radius 1 is 1.03 bits per heavy atom. The molecule has 0 bridgehead atoms. The summed E-state index contributed by atoms with van der Waals surface area (Å²) < 4.78 is 45.9. The van der Waals surface area contributed by atoms with Gasteiger partial charge in [0.15, 0.2) is 0 Å². The van der Waals surface area contributed by atoms with Gasteiger partial charge in [0.25, 0.3) is 5.56 Å².